The number of aromatic nitrogens is 1. The lowest BCUT2D eigenvalue weighted by molar-refractivity contribution is 0.294. The van der Waals surface area contributed by atoms with E-state index in [1.165, 1.54) is 34.9 Å². The van der Waals surface area contributed by atoms with Crippen molar-refractivity contribution in [3.8, 4) is 16.9 Å². The second kappa shape index (κ2) is 8.09. The fourth-order valence-electron chi connectivity index (χ4n) is 3.60. The van der Waals surface area contributed by atoms with Gasteiger partial charge in [-0.1, -0.05) is 23.7 Å². The van der Waals surface area contributed by atoms with Crippen LogP contribution in [0.5, 0.6) is 0 Å². The van der Waals surface area contributed by atoms with Gasteiger partial charge in [-0.05, 0) is 60.5 Å². The molecule has 1 aromatic heterocycles. The molecular weight excluding hydrogens is 379 g/mol. The van der Waals surface area contributed by atoms with E-state index in [1.54, 1.807) is 0 Å². The van der Waals surface area contributed by atoms with E-state index in [-0.39, 0.29) is 5.82 Å². The second-order valence-electron chi connectivity index (χ2n) is 6.82. The van der Waals surface area contributed by atoms with Gasteiger partial charge in [-0.2, -0.15) is 11.8 Å². The number of halogens is 2. The molecule has 0 spiro atoms. The summed E-state index contributed by atoms with van der Waals surface area (Å²) in [7, 11) is 0. The Morgan fingerprint density at radius 3 is 2.44 bits per heavy atom. The number of thioether (sulfide) groups is 1. The van der Waals surface area contributed by atoms with Gasteiger partial charge in [0.25, 0.3) is 0 Å². The smallest absolute Gasteiger partial charge is 0.123 e. The maximum Gasteiger partial charge on any atom is 0.123 e. The van der Waals surface area contributed by atoms with Gasteiger partial charge >= 0.3 is 0 Å². The van der Waals surface area contributed by atoms with E-state index in [9.17, 15) is 4.39 Å². The van der Waals surface area contributed by atoms with E-state index < -0.39 is 0 Å². The van der Waals surface area contributed by atoms with Crippen LogP contribution in [0.3, 0.4) is 0 Å². The van der Waals surface area contributed by atoms with Crippen molar-refractivity contribution in [2.75, 3.05) is 24.6 Å². The Labute approximate surface area is 169 Å². The molecule has 2 nitrogen and oxygen atoms in total. The van der Waals surface area contributed by atoms with E-state index in [0.29, 0.717) is 5.02 Å². The molecule has 140 valence electrons. The number of benzene rings is 2. The molecule has 1 aliphatic rings. The third-order valence-corrected chi connectivity index (χ3v) is 6.35. The van der Waals surface area contributed by atoms with E-state index in [1.807, 2.05) is 48.2 Å². The van der Waals surface area contributed by atoms with Gasteiger partial charge in [0.15, 0.2) is 0 Å². The van der Waals surface area contributed by atoms with Gasteiger partial charge in [-0.25, -0.2) is 4.39 Å². The van der Waals surface area contributed by atoms with Crippen molar-refractivity contribution in [2.24, 2.45) is 0 Å². The van der Waals surface area contributed by atoms with E-state index in [2.05, 4.69) is 22.5 Å². The summed E-state index contributed by atoms with van der Waals surface area (Å²) in [4.78, 5) is 2.50. The normalized spacial score (nSPS) is 15.2. The SMILES string of the molecule is Cc1c(CN2CCSCC2)cc(-c2ccc(F)cc2)n1-c1ccccc1Cl. The monoisotopic (exact) mass is 400 g/mol. The van der Waals surface area contributed by atoms with Gasteiger partial charge in [0.1, 0.15) is 5.82 Å². The fraction of sp³-hybridized carbons (Fsp3) is 0.273. The molecule has 0 bridgehead atoms. The quantitative estimate of drug-likeness (QED) is 0.547. The first-order chi connectivity index (χ1) is 13.1. The van der Waals surface area contributed by atoms with Gasteiger partial charge in [-0.15, -0.1) is 0 Å². The Morgan fingerprint density at radius 2 is 1.74 bits per heavy atom. The fourth-order valence-corrected chi connectivity index (χ4v) is 4.79. The summed E-state index contributed by atoms with van der Waals surface area (Å²) in [5, 5.41) is 0.709. The van der Waals surface area contributed by atoms with Gasteiger partial charge in [0.2, 0.25) is 0 Å². The summed E-state index contributed by atoms with van der Waals surface area (Å²) in [5.41, 5.74) is 5.46. The molecule has 1 aliphatic heterocycles. The zero-order valence-electron chi connectivity index (χ0n) is 15.3. The average molecular weight is 401 g/mol. The van der Waals surface area contributed by atoms with E-state index in [0.717, 1.165) is 36.6 Å². The molecular formula is C22H22ClFN2S. The van der Waals surface area contributed by atoms with Crippen LogP contribution in [0.1, 0.15) is 11.3 Å². The molecule has 1 saturated heterocycles. The zero-order chi connectivity index (χ0) is 18.8. The first-order valence-corrected chi connectivity index (χ1v) is 10.7. The van der Waals surface area contributed by atoms with Gasteiger partial charge in [0.05, 0.1) is 16.4 Å². The Balaban J connectivity index is 1.81. The van der Waals surface area contributed by atoms with Crippen LogP contribution in [0.2, 0.25) is 5.02 Å². The standard InChI is InChI=1S/C22H22ClFN2S/c1-16-18(15-25-10-12-27-13-11-25)14-22(17-6-8-19(24)9-7-17)26(16)21-5-3-2-4-20(21)23/h2-9,14H,10-13,15H2,1H3. The van der Waals surface area contributed by atoms with Crippen LogP contribution < -0.4 is 0 Å². The number of nitrogens with zero attached hydrogens (tertiary/aromatic N) is 2. The molecule has 4 rings (SSSR count). The van der Waals surface area contributed by atoms with Crippen LogP contribution in [-0.2, 0) is 6.54 Å². The molecule has 27 heavy (non-hydrogen) atoms. The van der Waals surface area contributed by atoms with Crippen molar-refractivity contribution < 1.29 is 4.39 Å². The highest BCUT2D eigenvalue weighted by Crippen LogP contribution is 2.33. The molecule has 0 radical (unpaired) electrons. The molecule has 0 atom stereocenters. The Kier molecular flexibility index (Phi) is 5.58. The van der Waals surface area contributed by atoms with Crippen LogP contribution in [0.4, 0.5) is 4.39 Å². The molecule has 5 heteroatoms. The molecule has 2 heterocycles. The molecule has 3 aromatic rings. The minimum Gasteiger partial charge on any atom is -0.312 e. The maximum atomic E-state index is 13.4. The van der Waals surface area contributed by atoms with E-state index in [4.69, 9.17) is 11.6 Å². The highest BCUT2D eigenvalue weighted by Gasteiger charge is 2.19. The topological polar surface area (TPSA) is 8.17 Å². The van der Waals surface area contributed by atoms with Crippen LogP contribution in [-0.4, -0.2) is 34.1 Å². The lowest BCUT2D eigenvalue weighted by Crippen LogP contribution is -2.32. The summed E-state index contributed by atoms with van der Waals surface area (Å²) >= 11 is 8.54. The Morgan fingerprint density at radius 1 is 1.04 bits per heavy atom. The summed E-state index contributed by atoms with van der Waals surface area (Å²) in [6.07, 6.45) is 0. The average Bonchev–Trinajstić information content (AvgIpc) is 3.00. The van der Waals surface area contributed by atoms with Crippen molar-refractivity contribution in [2.45, 2.75) is 13.5 Å². The lowest BCUT2D eigenvalue weighted by Gasteiger charge is -2.26. The minimum absolute atomic E-state index is 0.225. The van der Waals surface area contributed by atoms with Crippen LogP contribution in [0.25, 0.3) is 16.9 Å². The molecule has 0 unspecified atom stereocenters. The summed E-state index contributed by atoms with van der Waals surface area (Å²) < 4.78 is 15.6. The Bertz CT molecular complexity index is 930. The number of hydrogen-bond donors (Lipinski definition) is 0. The predicted molar refractivity (Wildman–Crippen MR) is 114 cm³/mol. The first-order valence-electron chi connectivity index (χ1n) is 9.15. The summed E-state index contributed by atoms with van der Waals surface area (Å²) in [6.45, 7) is 5.31. The molecule has 1 fully saturated rings. The highest BCUT2D eigenvalue weighted by molar-refractivity contribution is 7.99. The minimum atomic E-state index is -0.225. The molecule has 0 saturated carbocycles. The van der Waals surface area contributed by atoms with Gasteiger partial charge in [0, 0.05) is 36.8 Å². The van der Waals surface area contributed by atoms with Crippen molar-refractivity contribution in [1.29, 1.82) is 0 Å². The van der Waals surface area contributed by atoms with Gasteiger partial charge in [-0.3, -0.25) is 4.90 Å². The van der Waals surface area contributed by atoms with Crippen LogP contribution in [0, 0.1) is 12.7 Å². The third-order valence-electron chi connectivity index (χ3n) is 5.08. The van der Waals surface area contributed by atoms with E-state index >= 15 is 0 Å². The van der Waals surface area contributed by atoms with Gasteiger partial charge < -0.3 is 4.57 Å². The highest BCUT2D eigenvalue weighted by atomic mass is 35.5. The van der Waals surface area contributed by atoms with Crippen molar-refractivity contribution >= 4 is 23.4 Å². The Hall–Kier alpha value is -1.75. The number of rotatable bonds is 4. The van der Waals surface area contributed by atoms with Crippen LogP contribution in [0.15, 0.2) is 54.6 Å². The molecule has 0 amide bonds. The largest absolute Gasteiger partial charge is 0.312 e. The predicted octanol–water partition coefficient (Wildman–Crippen LogP) is 5.79. The van der Waals surface area contributed by atoms with Crippen molar-refractivity contribution in [1.82, 2.24) is 9.47 Å². The summed E-state index contributed by atoms with van der Waals surface area (Å²) in [6, 6.07) is 16.8. The van der Waals surface area contributed by atoms with Crippen molar-refractivity contribution in [3.63, 3.8) is 0 Å². The number of hydrogen-bond acceptors (Lipinski definition) is 2. The first kappa shape index (κ1) is 18.6. The summed E-state index contributed by atoms with van der Waals surface area (Å²) in [5.74, 6) is 2.15. The van der Waals surface area contributed by atoms with Crippen molar-refractivity contribution in [3.05, 3.63) is 76.7 Å². The maximum absolute atomic E-state index is 13.4. The zero-order valence-corrected chi connectivity index (χ0v) is 16.9. The second-order valence-corrected chi connectivity index (χ2v) is 8.45. The lowest BCUT2D eigenvalue weighted by atomic mass is 10.1. The number of para-hydroxylation sites is 1. The third kappa shape index (κ3) is 3.93. The molecule has 0 N–H and O–H groups in total. The molecule has 0 aliphatic carbocycles. The van der Waals surface area contributed by atoms with Crippen LogP contribution >= 0.6 is 23.4 Å². The molecule has 2 aromatic carbocycles.